The zero-order valence-electron chi connectivity index (χ0n) is 12.7. The van der Waals surface area contributed by atoms with Crippen LogP contribution in [0.4, 0.5) is 4.79 Å². The van der Waals surface area contributed by atoms with Gasteiger partial charge in [0, 0.05) is 5.92 Å². The molecular formula is C17H20N2O4. The molecule has 3 N–H and O–H groups in total. The van der Waals surface area contributed by atoms with Gasteiger partial charge in [-0.05, 0) is 31.2 Å². The summed E-state index contributed by atoms with van der Waals surface area (Å²) < 4.78 is 0. The highest BCUT2D eigenvalue weighted by Crippen LogP contribution is 2.49. The number of unbranched alkanes of at least 4 members (excludes halogenated alkanes) is 1. The number of amides is 3. The lowest BCUT2D eigenvalue weighted by Crippen LogP contribution is -2.49. The minimum absolute atomic E-state index is 0.303. The zero-order valence-corrected chi connectivity index (χ0v) is 12.7. The van der Waals surface area contributed by atoms with Crippen molar-refractivity contribution in [2.45, 2.75) is 37.6 Å². The molecule has 6 nitrogen and oxygen atoms in total. The Morgan fingerprint density at radius 1 is 1.22 bits per heavy atom. The summed E-state index contributed by atoms with van der Waals surface area (Å²) in [5.41, 5.74) is 0.188. The molecule has 6 heteroatoms. The molecule has 3 atom stereocenters. The topological polar surface area (TPSA) is 95.5 Å². The largest absolute Gasteiger partial charge is 0.481 e. The van der Waals surface area contributed by atoms with Gasteiger partial charge in [-0.2, -0.15) is 0 Å². The van der Waals surface area contributed by atoms with Crippen LogP contribution in [0.25, 0.3) is 0 Å². The van der Waals surface area contributed by atoms with E-state index < -0.39 is 23.5 Å². The normalized spacial score (nSPS) is 29.0. The average Bonchev–Trinajstić information content (AvgIpc) is 3.27. The first-order chi connectivity index (χ1) is 11.0. The quantitative estimate of drug-likeness (QED) is 0.527. The molecule has 23 heavy (non-hydrogen) atoms. The van der Waals surface area contributed by atoms with E-state index in [9.17, 15) is 14.4 Å². The summed E-state index contributed by atoms with van der Waals surface area (Å²) in [4.78, 5) is 34.9. The highest BCUT2D eigenvalue weighted by atomic mass is 16.4. The van der Waals surface area contributed by atoms with E-state index in [-0.39, 0.29) is 11.8 Å². The molecule has 2 aliphatic rings. The van der Waals surface area contributed by atoms with Crippen LogP contribution in [-0.4, -0.2) is 28.6 Å². The van der Waals surface area contributed by atoms with Crippen LogP contribution in [0.2, 0.25) is 0 Å². The van der Waals surface area contributed by atoms with Crippen molar-refractivity contribution < 1.29 is 19.5 Å². The second kappa shape index (κ2) is 6.02. The maximum atomic E-state index is 12.2. The fourth-order valence-corrected chi connectivity index (χ4v) is 3.52. The lowest BCUT2D eigenvalue weighted by Gasteiger charge is -2.26. The summed E-state index contributed by atoms with van der Waals surface area (Å²) in [6.07, 6.45) is 3.47. The maximum absolute atomic E-state index is 12.2. The molecule has 0 spiro atoms. The average molecular weight is 316 g/mol. The van der Waals surface area contributed by atoms with Crippen LogP contribution in [0.1, 0.15) is 31.2 Å². The summed E-state index contributed by atoms with van der Waals surface area (Å²) in [5.74, 6) is -2.11. The molecule has 3 amide bonds. The van der Waals surface area contributed by atoms with Gasteiger partial charge in [0.05, 0.1) is 5.92 Å². The third-order valence-corrected chi connectivity index (χ3v) is 4.84. The molecule has 1 aromatic rings. The van der Waals surface area contributed by atoms with E-state index in [1.54, 1.807) is 0 Å². The minimum Gasteiger partial charge on any atom is -0.481 e. The Hall–Kier alpha value is -2.37. The number of carbonyl (C=O) groups is 3. The maximum Gasteiger partial charge on any atom is 0.322 e. The number of hydrogen-bond donors (Lipinski definition) is 3. The number of nitrogens with one attached hydrogen (secondary N) is 2. The second-order valence-electron chi connectivity index (χ2n) is 6.36. The summed E-state index contributed by atoms with van der Waals surface area (Å²) in [5, 5.41) is 14.1. The Morgan fingerprint density at radius 2 is 1.96 bits per heavy atom. The number of aliphatic carboxylic acids is 1. The molecule has 0 bridgehead atoms. The van der Waals surface area contributed by atoms with Crippen molar-refractivity contribution in [3.8, 4) is 0 Å². The number of carbonyl (C=O) groups excluding carboxylic acids is 2. The lowest BCUT2D eigenvalue weighted by atomic mass is 9.85. The van der Waals surface area contributed by atoms with Crippen LogP contribution in [-0.2, 0) is 16.0 Å². The molecule has 1 aliphatic carbocycles. The van der Waals surface area contributed by atoms with Crippen LogP contribution in [0.3, 0.4) is 0 Å². The summed E-state index contributed by atoms with van der Waals surface area (Å²) >= 11 is 0. The van der Waals surface area contributed by atoms with Crippen molar-refractivity contribution in [1.82, 2.24) is 10.6 Å². The van der Waals surface area contributed by atoms with Gasteiger partial charge in [0.1, 0.15) is 5.54 Å². The van der Waals surface area contributed by atoms with Crippen molar-refractivity contribution in [3.05, 3.63) is 35.9 Å². The monoisotopic (exact) mass is 316 g/mol. The van der Waals surface area contributed by atoms with E-state index in [1.807, 2.05) is 18.2 Å². The van der Waals surface area contributed by atoms with E-state index in [0.29, 0.717) is 12.8 Å². The van der Waals surface area contributed by atoms with Gasteiger partial charge in [-0.25, -0.2) is 4.79 Å². The molecule has 1 saturated heterocycles. The second-order valence-corrected chi connectivity index (χ2v) is 6.36. The standard InChI is InChI=1S/C17H20N2O4/c20-14(21)12-10-13(12)17(15(22)18-16(23)19-17)9-5-4-8-11-6-2-1-3-7-11/h1-3,6-7,12-13H,4-5,8-10H2,(H,20,21)(H2,18,19,22,23)/t12-,13-,17?/m0/s1. The highest BCUT2D eigenvalue weighted by molar-refractivity contribution is 6.07. The molecule has 1 unspecified atom stereocenters. The molecule has 1 aliphatic heterocycles. The van der Waals surface area contributed by atoms with Gasteiger partial charge in [0.25, 0.3) is 5.91 Å². The van der Waals surface area contributed by atoms with Gasteiger partial charge in [-0.1, -0.05) is 36.8 Å². The SMILES string of the molecule is O=C1NC(=O)C(CCCCc2ccccc2)([C@H]2C[C@@H]2C(=O)O)N1. The van der Waals surface area contributed by atoms with Crippen LogP contribution in [0, 0.1) is 11.8 Å². The van der Waals surface area contributed by atoms with Crippen LogP contribution >= 0.6 is 0 Å². The highest BCUT2D eigenvalue weighted by Gasteiger charge is 2.62. The summed E-state index contributed by atoms with van der Waals surface area (Å²) in [6.45, 7) is 0. The number of carboxylic acids is 1. The van der Waals surface area contributed by atoms with E-state index in [4.69, 9.17) is 5.11 Å². The Morgan fingerprint density at radius 3 is 2.52 bits per heavy atom. The van der Waals surface area contributed by atoms with Crippen molar-refractivity contribution in [2.75, 3.05) is 0 Å². The number of carboxylic acid groups (broad SMARTS) is 1. The number of hydrogen-bond acceptors (Lipinski definition) is 3. The van der Waals surface area contributed by atoms with Gasteiger partial charge in [0.2, 0.25) is 0 Å². The Labute approximate surface area is 134 Å². The van der Waals surface area contributed by atoms with Crippen LogP contribution in [0.15, 0.2) is 30.3 Å². The minimum atomic E-state index is -1.04. The van der Waals surface area contributed by atoms with E-state index in [2.05, 4.69) is 22.8 Å². The van der Waals surface area contributed by atoms with Crippen LogP contribution in [0.5, 0.6) is 0 Å². The van der Waals surface area contributed by atoms with Crippen molar-refractivity contribution >= 4 is 17.9 Å². The molecule has 0 radical (unpaired) electrons. The van der Waals surface area contributed by atoms with Gasteiger partial charge in [0.15, 0.2) is 0 Å². The van der Waals surface area contributed by atoms with Gasteiger partial charge in [-0.15, -0.1) is 0 Å². The summed E-state index contributed by atoms with van der Waals surface area (Å²) in [7, 11) is 0. The van der Waals surface area contributed by atoms with Crippen molar-refractivity contribution in [3.63, 3.8) is 0 Å². The summed E-state index contributed by atoms with van der Waals surface area (Å²) in [6, 6.07) is 9.54. The Kier molecular flexibility index (Phi) is 4.07. The van der Waals surface area contributed by atoms with Crippen molar-refractivity contribution in [2.24, 2.45) is 11.8 Å². The molecule has 1 heterocycles. The fourth-order valence-electron chi connectivity index (χ4n) is 3.52. The molecule has 1 saturated carbocycles. The molecule has 1 aromatic carbocycles. The number of aryl methyl sites for hydroxylation is 1. The third-order valence-electron chi connectivity index (χ3n) is 4.84. The Bertz CT molecular complexity index is 631. The number of rotatable bonds is 7. The predicted octanol–water partition coefficient (Wildman–Crippen LogP) is 1.70. The molecule has 3 rings (SSSR count). The van der Waals surface area contributed by atoms with Gasteiger partial charge in [-0.3, -0.25) is 14.9 Å². The fraction of sp³-hybridized carbons (Fsp3) is 0.471. The van der Waals surface area contributed by atoms with Gasteiger partial charge >= 0.3 is 12.0 Å². The van der Waals surface area contributed by atoms with E-state index >= 15 is 0 Å². The zero-order chi connectivity index (χ0) is 16.4. The van der Waals surface area contributed by atoms with Crippen molar-refractivity contribution in [1.29, 1.82) is 0 Å². The first-order valence-electron chi connectivity index (χ1n) is 7.93. The number of imide groups is 1. The molecule has 122 valence electrons. The number of urea groups is 1. The Balaban J connectivity index is 1.60. The van der Waals surface area contributed by atoms with E-state index in [1.165, 1.54) is 5.56 Å². The van der Waals surface area contributed by atoms with E-state index in [0.717, 1.165) is 19.3 Å². The molecule has 0 aromatic heterocycles. The smallest absolute Gasteiger partial charge is 0.322 e. The lowest BCUT2D eigenvalue weighted by molar-refractivity contribution is -0.139. The third kappa shape index (κ3) is 3.06. The first kappa shape index (κ1) is 15.5. The first-order valence-corrected chi connectivity index (χ1v) is 7.93. The predicted molar refractivity (Wildman–Crippen MR) is 82.6 cm³/mol. The van der Waals surface area contributed by atoms with Gasteiger partial charge < -0.3 is 10.4 Å². The number of benzene rings is 1. The van der Waals surface area contributed by atoms with Crippen LogP contribution < -0.4 is 10.6 Å². The molecular weight excluding hydrogens is 296 g/mol. The molecule has 2 fully saturated rings.